The van der Waals surface area contributed by atoms with Crippen molar-refractivity contribution >= 4 is 17.9 Å². The first-order valence-electron chi connectivity index (χ1n) is 11.5. The van der Waals surface area contributed by atoms with Gasteiger partial charge in [0.1, 0.15) is 0 Å². The van der Waals surface area contributed by atoms with Crippen LogP contribution in [0, 0.1) is 0 Å². The number of nitrogens with zero attached hydrogens (tertiary/aromatic N) is 1. The van der Waals surface area contributed by atoms with Gasteiger partial charge in [-0.15, -0.1) is 0 Å². The molecule has 0 unspecified atom stereocenters. The summed E-state index contributed by atoms with van der Waals surface area (Å²) < 4.78 is 16.8. The van der Waals surface area contributed by atoms with Gasteiger partial charge in [-0.25, -0.2) is 0 Å². The molecular weight excluding hydrogens is 410 g/mol. The van der Waals surface area contributed by atoms with E-state index in [2.05, 4.69) is 0 Å². The lowest BCUT2D eigenvalue weighted by Crippen LogP contribution is -2.35. The number of rotatable bonds is 14. The predicted octanol–water partition coefficient (Wildman–Crippen LogP) is 4.85. The zero-order valence-electron chi connectivity index (χ0n) is 20.6. The summed E-state index contributed by atoms with van der Waals surface area (Å²) in [6.07, 6.45) is 7.61. The van der Waals surface area contributed by atoms with Gasteiger partial charge in [0.15, 0.2) is 11.5 Å². The summed E-state index contributed by atoms with van der Waals surface area (Å²) in [5.74, 6) is 0.993. The molecule has 32 heavy (non-hydrogen) atoms. The van der Waals surface area contributed by atoms with Crippen molar-refractivity contribution in [2.45, 2.75) is 66.2 Å². The number of carbonyl (C=O) groups is 2. The van der Waals surface area contributed by atoms with Crippen LogP contribution in [0.15, 0.2) is 18.2 Å². The van der Waals surface area contributed by atoms with Gasteiger partial charge in [-0.05, 0) is 49.5 Å². The standard InChI is InChI=1S/C23H35NO6.C2H6/c1-5-13-24(21(26)6-2)22(27)12-11-18-16-19(28-3)23(20(17-18)29-4)30-15-10-8-7-9-14-25;1-2/h11-12,16-17,25H,5-10,13-15H2,1-4H3;1-2H3/b12-11+;. The maximum atomic E-state index is 12.4. The molecule has 0 saturated heterocycles. The second-order valence-corrected chi connectivity index (χ2v) is 6.81. The molecule has 2 amide bonds. The number of hydrogen-bond donors (Lipinski definition) is 1. The minimum absolute atomic E-state index is 0.190. The number of carbonyl (C=O) groups excluding carboxylic acids is 2. The van der Waals surface area contributed by atoms with Gasteiger partial charge >= 0.3 is 0 Å². The molecule has 7 nitrogen and oxygen atoms in total. The van der Waals surface area contributed by atoms with E-state index < -0.39 is 0 Å². The van der Waals surface area contributed by atoms with Crippen molar-refractivity contribution in [3.05, 3.63) is 23.8 Å². The topological polar surface area (TPSA) is 85.3 Å². The van der Waals surface area contributed by atoms with Crippen molar-refractivity contribution in [2.75, 3.05) is 34.0 Å². The van der Waals surface area contributed by atoms with Crippen molar-refractivity contribution < 1.29 is 28.9 Å². The fraction of sp³-hybridized carbons (Fsp3) is 0.600. The van der Waals surface area contributed by atoms with Gasteiger partial charge in [-0.1, -0.05) is 34.1 Å². The van der Waals surface area contributed by atoms with E-state index in [0.717, 1.165) is 25.7 Å². The highest BCUT2D eigenvalue weighted by atomic mass is 16.5. The van der Waals surface area contributed by atoms with Crippen LogP contribution in [0.2, 0.25) is 0 Å². The molecule has 0 atom stereocenters. The molecule has 0 radical (unpaired) electrons. The van der Waals surface area contributed by atoms with Gasteiger partial charge in [0.25, 0.3) is 5.91 Å². The molecule has 0 saturated carbocycles. The third kappa shape index (κ3) is 10.2. The van der Waals surface area contributed by atoms with Gasteiger partial charge in [-0.2, -0.15) is 0 Å². The smallest absolute Gasteiger partial charge is 0.253 e. The maximum absolute atomic E-state index is 12.4. The van der Waals surface area contributed by atoms with Crippen LogP contribution in [-0.2, 0) is 9.59 Å². The predicted molar refractivity (Wildman–Crippen MR) is 128 cm³/mol. The molecule has 0 aliphatic carbocycles. The van der Waals surface area contributed by atoms with E-state index in [1.165, 1.54) is 11.0 Å². The van der Waals surface area contributed by atoms with E-state index in [1.54, 1.807) is 39.4 Å². The number of amides is 2. The van der Waals surface area contributed by atoms with Crippen molar-refractivity contribution in [3.63, 3.8) is 0 Å². The molecule has 0 aliphatic rings. The maximum Gasteiger partial charge on any atom is 0.253 e. The molecule has 0 aliphatic heterocycles. The van der Waals surface area contributed by atoms with E-state index >= 15 is 0 Å². The Hall–Kier alpha value is -2.54. The summed E-state index contributed by atoms with van der Waals surface area (Å²) in [7, 11) is 3.09. The van der Waals surface area contributed by atoms with Gasteiger partial charge in [0.2, 0.25) is 11.7 Å². The van der Waals surface area contributed by atoms with Crippen LogP contribution in [0.25, 0.3) is 6.08 Å². The van der Waals surface area contributed by atoms with E-state index in [0.29, 0.717) is 42.4 Å². The Labute approximate surface area is 193 Å². The zero-order chi connectivity index (χ0) is 24.4. The molecule has 182 valence electrons. The second kappa shape index (κ2) is 18.1. The molecule has 1 rings (SSSR count). The van der Waals surface area contributed by atoms with Crippen LogP contribution < -0.4 is 14.2 Å². The SMILES string of the molecule is CC.CCCN(C(=O)/C=C/c1cc(OC)c(OCCCCCCO)c(OC)c1)C(=O)CC. The average Bonchev–Trinajstić information content (AvgIpc) is 2.83. The van der Waals surface area contributed by atoms with Crippen molar-refractivity contribution in [2.24, 2.45) is 0 Å². The molecule has 0 aromatic heterocycles. The molecule has 0 spiro atoms. The normalized spacial score (nSPS) is 10.3. The molecule has 7 heteroatoms. The number of benzene rings is 1. The lowest BCUT2D eigenvalue weighted by atomic mass is 10.1. The van der Waals surface area contributed by atoms with E-state index in [1.807, 2.05) is 20.8 Å². The average molecular weight is 452 g/mol. The molecular formula is C25H41NO6. The fourth-order valence-corrected chi connectivity index (χ4v) is 2.91. The highest BCUT2D eigenvalue weighted by molar-refractivity contribution is 6.02. The number of hydrogen-bond acceptors (Lipinski definition) is 6. The number of unbranched alkanes of at least 4 members (excludes halogenated alkanes) is 3. The Morgan fingerprint density at radius 2 is 1.59 bits per heavy atom. The van der Waals surface area contributed by atoms with E-state index in [4.69, 9.17) is 19.3 Å². The molecule has 1 aromatic rings. The quantitative estimate of drug-likeness (QED) is 0.321. The third-order valence-electron chi connectivity index (χ3n) is 4.52. The largest absolute Gasteiger partial charge is 0.493 e. The molecule has 1 N–H and O–H groups in total. The summed E-state index contributed by atoms with van der Waals surface area (Å²) in [4.78, 5) is 25.7. The lowest BCUT2D eigenvalue weighted by Gasteiger charge is -2.18. The van der Waals surface area contributed by atoms with Crippen LogP contribution in [-0.4, -0.2) is 55.8 Å². The van der Waals surface area contributed by atoms with Crippen LogP contribution >= 0.6 is 0 Å². The monoisotopic (exact) mass is 451 g/mol. The first kappa shape index (κ1) is 29.5. The van der Waals surface area contributed by atoms with Gasteiger partial charge in [0.05, 0.1) is 20.8 Å². The zero-order valence-corrected chi connectivity index (χ0v) is 20.6. The van der Waals surface area contributed by atoms with Crippen molar-refractivity contribution in [1.82, 2.24) is 4.90 Å². The lowest BCUT2D eigenvalue weighted by molar-refractivity contribution is -0.141. The van der Waals surface area contributed by atoms with Gasteiger partial charge in [0, 0.05) is 25.6 Å². The number of imide groups is 1. The Morgan fingerprint density at radius 3 is 2.09 bits per heavy atom. The summed E-state index contributed by atoms with van der Waals surface area (Å²) >= 11 is 0. The first-order valence-corrected chi connectivity index (χ1v) is 11.5. The Bertz CT molecular complexity index is 677. The number of aliphatic hydroxyl groups is 1. The number of ether oxygens (including phenoxy) is 3. The molecule has 0 bridgehead atoms. The van der Waals surface area contributed by atoms with Crippen LogP contribution in [0.3, 0.4) is 0 Å². The number of aliphatic hydroxyl groups excluding tert-OH is 1. The Balaban J connectivity index is 0.00000466. The van der Waals surface area contributed by atoms with Gasteiger partial charge < -0.3 is 19.3 Å². The van der Waals surface area contributed by atoms with Crippen LogP contribution in [0.5, 0.6) is 17.2 Å². The minimum Gasteiger partial charge on any atom is -0.493 e. The summed E-state index contributed by atoms with van der Waals surface area (Å²) in [5.41, 5.74) is 0.702. The van der Waals surface area contributed by atoms with Gasteiger partial charge in [-0.3, -0.25) is 14.5 Å². The fourth-order valence-electron chi connectivity index (χ4n) is 2.91. The Morgan fingerprint density at radius 1 is 1.00 bits per heavy atom. The molecule has 0 heterocycles. The highest BCUT2D eigenvalue weighted by Crippen LogP contribution is 2.39. The number of methoxy groups -OCH3 is 2. The first-order chi connectivity index (χ1) is 15.5. The molecule has 0 fully saturated rings. The van der Waals surface area contributed by atoms with E-state index in [9.17, 15) is 9.59 Å². The second-order valence-electron chi connectivity index (χ2n) is 6.81. The third-order valence-corrected chi connectivity index (χ3v) is 4.52. The summed E-state index contributed by atoms with van der Waals surface area (Å²) in [6, 6.07) is 3.53. The van der Waals surface area contributed by atoms with Crippen molar-refractivity contribution in [3.8, 4) is 17.2 Å². The van der Waals surface area contributed by atoms with Crippen LogP contribution in [0.1, 0.15) is 71.8 Å². The Kier molecular flexibility index (Phi) is 16.6. The minimum atomic E-state index is -0.343. The van der Waals surface area contributed by atoms with E-state index in [-0.39, 0.29) is 24.8 Å². The molecule has 1 aromatic carbocycles. The van der Waals surface area contributed by atoms with Crippen LogP contribution in [0.4, 0.5) is 0 Å². The summed E-state index contributed by atoms with van der Waals surface area (Å²) in [5, 5.41) is 8.83. The highest BCUT2D eigenvalue weighted by Gasteiger charge is 2.17. The van der Waals surface area contributed by atoms with Crippen molar-refractivity contribution in [1.29, 1.82) is 0 Å². The summed E-state index contributed by atoms with van der Waals surface area (Å²) in [6.45, 7) is 8.78.